The smallest absolute Gasteiger partial charge is 0.267 e. The Morgan fingerprint density at radius 2 is 1.66 bits per heavy atom. The van der Waals surface area contributed by atoms with Gasteiger partial charge in [-0.15, -0.1) is 0 Å². The molecule has 0 unspecified atom stereocenters. The number of rotatable bonds is 3. The quantitative estimate of drug-likeness (QED) is 0.506. The molecule has 142 valence electrons. The van der Waals surface area contributed by atoms with Gasteiger partial charge in [-0.05, 0) is 36.4 Å². The molecule has 5 rings (SSSR count). The molecule has 1 aliphatic rings. The number of carbonyl (C=O) groups excluding carboxylic acids is 2. The highest BCUT2D eigenvalue weighted by Crippen LogP contribution is 2.37. The Hall–Kier alpha value is -4.00. The minimum absolute atomic E-state index is 0.286. The third kappa shape index (κ3) is 2.44. The molecule has 3 heterocycles. The van der Waals surface area contributed by atoms with Crippen molar-refractivity contribution in [2.75, 3.05) is 12.0 Å². The van der Waals surface area contributed by atoms with Gasteiger partial charge in [0.15, 0.2) is 5.65 Å². The zero-order valence-corrected chi connectivity index (χ0v) is 15.8. The van der Waals surface area contributed by atoms with Crippen molar-refractivity contribution in [2.24, 2.45) is 7.05 Å². The van der Waals surface area contributed by atoms with E-state index in [1.54, 1.807) is 43.1 Å². The molecule has 7 nitrogen and oxygen atoms in total. The van der Waals surface area contributed by atoms with Gasteiger partial charge in [0.2, 0.25) is 0 Å². The molecule has 0 atom stereocenters. The maximum absolute atomic E-state index is 13.3. The summed E-state index contributed by atoms with van der Waals surface area (Å²) in [5.41, 5.74) is 3.11. The molecule has 0 bridgehead atoms. The summed E-state index contributed by atoms with van der Waals surface area (Å²) in [4.78, 5) is 32.0. The van der Waals surface area contributed by atoms with Crippen LogP contribution in [0.2, 0.25) is 0 Å². The van der Waals surface area contributed by atoms with Gasteiger partial charge in [0.1, 0.15) is 11.4 Å². The maximum atomic E-state index is 13.3. The first-order chi connectivity index (χ1) is 14.1. The van der Waals surface area contributed by atoms with Crippen molar-refractivity contribution in [1.82, 2.24) is 14.8 Å². The minimum atomic E-state index is -0.380. The lowest BCUT2D eigenvalue weighted by Crippen LogP contribution is -2.29. The molecule has 2 aromatic heterocycles. The fraction of sp³-hybridized carbons (Fsp3) is 0.0909. The second-order valence-corrected chi connectivity index (χ2v) is 6.73. The lowest BCUT2D eigenvalue weighted by Gasteiger charge is -2.13. The summed E-state index contributed by atoms with van der Waals surface area (Å²) in [5, 5.41) is 5.16. The molecular weight excluding hydrogens is 368 g/mol. The third-order valence-electron chi connectivity index (χ3n) is 5.08. The van der Waals surface area contributed by atoms with Crippen LogP contribution in [0.4, 0.5) is 5.69 Å². The van der Waals surface area contributed by atoms with Crippen LogP contribution in [0, 0.1) is 0 Å². The molecule has 2 amide bonds. The number of aryl methyl sites for hydroxylation is 1. The second kappa shape index (κ2) is 6.27. The second-order valence-electron chi connectivity index (χ2n) is 6.73. The molecule has 0 saturated carbocycles. The minimum Gasteiger partial charge on any atom is -0.497 e. The molecule has 0 spiro atoms. The zero-order valence-electron chi connectivity index (χ0n) is 15.8. The first-order valence-electron chi connectivity index (χ1n) is 9.04. The van der Waals surface area contributed by atoms with E-state index in [0.717, 1.165) is 11.3 Å². The van der Waals surface area contributed by atoms with Gasteiger partial charge in [-0.1, -0.05) is 18.2 Å². The van der Waals surface area contributed by atoms with Crippen LogP contribution >= 0.6 is 0 Å². The number of fused-ring (bicyclic) bond motifs is 3. The van der Waals surface area contributed by atoms with E-state index >= 15 is 0 Å². The summed E-state index contributed by atoms with van der Waals surface area (Å²) in [7, 11) is 3.37. The van der Waals surface area contributed by atoms with E-state index in [1.807, 2.05) is 30.3 Å². The number of ether oxygens (including phenoxy) is 1. The maximum Gasteiger partial charge on any atom is 0.267 e. The predicted molar refractivity (Wildman–Crippen MR) is 108 cm³/mol. The van der Waals surface area contributed by atoms with E-state index in [2.05, 4.69) is 10.1 Å². The van der Waals surface area contributed by atoms with Crippen LogP contribution in [0.15, 0.2) is 60.8 Å². The van der Waals surface area contributed by atoms with Crippen molar-refractivity contribution in [3.8, 4) is 17.0 Å². The van der Waals surface area contributed by atoms with Crippen molar-refractivity contribution in [3.63, 3.8) is 0 Å². The van der Waals surface area contributed by atoms with Crippen molar-refractivity contribution in [3.05, 3.63) is 71.9 Å². The predicted octanol–water partition coefficient (Wildman–Crippen LogP) is 3.44. The van der Waals surface area contributed by atoms with Crippen LogP contribution in [0.3, 0.4) is 0 Å². The number of nitrogens with zero attached hydrogens (tertiary/aromatic N) is 4. The molecule has 1 aliphatic heterocycles. The summed E-state index contributed by atoms with van der Waals surface area (Å²) < 4.78 is 6.85. The monoisotopic (exact) mass is 384 g/mol. The van der Waals surface area contributed by atoms with Gasteiger partial charge in [0, 0.05) is 18.8 Å². The Morgan fingerprint density at radius 1 is 0.931 bits per heavy atom. The van der Waals surface area contributed by atoms with Crippen molar-refractivity contribution >= 4 is 28.5 Å². The first-order valence-corrected chi connectivity index (χ1v) is 9.04. The molecule has 4 aromatic rings. The number of hydrogen-bond donors (Lipinski definition) is 0. The Labute approximate surface area is 166 Å². The van der Waals surface area contributed by atoms with Crippen LogP contribution in [0.25, 0.3) is 22.3 Å². The summed E-state index contributed by atoms with van der Waals surface area (Å²) >= 11 is 0. The average molecular weight is 384 g/mol. The molecule has 0 N–H and O–H groups in total. The summed E-state index contributed by atoms with van der Waals surface area (Å²) in [6, 6.07) is 16.3. The standard InChI is InChI=1S/C22H16N4O3/c1-25-20-18(19(24-25)13-8-10-15(29-2)11-9-13)17-16(12-23-20)21(27)26(22(17)28)14-6-4-3-5-7-14/h3-12H,1-2H3. The number of aromatic nitrogens is 3. The van der Waals surface area contributed by atoms with E-state index in [1.165, 1.54) is 11.1 Å². The van der Waals surface area contributed by atoms with Crippen LogP contribution in [0.1, 0.15) is 20.7 Å². The molecule has 0 fully saturated rings. The molecule has 29 heavy (non-hydrogen) atoms. The lowest BCUT2D eigenvalue weighted by atomic mass is 10.0. The van der Waals surface area contributed by atoms with Crippen LogP contribution in [-0.2, 0) is 7.05 Å². The number of hydrogen-bond acceptors (Lipinski definition) is 5. The fourth-order valence-electron chi connectivity index (χ4n) is 3.69. The number of imide groups is 1. The van der Waals surface area contributed by atoms with Gasteiger partial charge in [-0.25, -0.2) is 14.6 Å². The fourth-order valence-corrected chi connectivity index (χ4v) is 3.69. The average Bonchev–Trinajstić information content (AvgIpc) is 3.23. The molecule has 0 radical (unpaired) electrons. The van der Waals surface area contributed by atoms with Crippen molar-refractivity contribution in [2.45, 2.75) is 0 Å². The summed E-state index contributed by atoms with van der Waals surface area (Å²) in [5.74, 6) is -0.0275. The Kier molecular flexibility index (Phi) is 3.70. The Morgan fingerprint density at radius 3 is 2.34 bits per heavy atom. The van der Waals surface area contributed by atoms with E-state index in [0.29, 0.717) is 28.0 Å². The summed E-state index contributed by atoms with van der Waals surface area (Å²) in [6.45, 7) is 0. The van der Waals surface area contributed by atoms with Gasteiger partial charge in [0.05, 0.1) is 29.3 Å². The summed E-state index contributed by atoms with van der Waals surface area (Å²) in [6.07, 6.45) is 1.46. The Balaban J connectivity index is 1.75. The van der Waals surface area contributed by atoms with Gasteiger partial charge in [0.25, 0.3) is 11.8 Å². The van der Waals surface area contributed by atoms with Gasteiger partial charge < -0.3 is 4.74 Å². The number of anilines is 1. The van der Waals surface area contributed by atoms with E-state index in [9.17, 15) is 9.59 Å². The highest BCUT2D eigenvalue weighted by atomic mass is 16.5. The van der Waals surface area contributed by atoms with Gasteiger partial charge >= 0.3 is 0 Å². The molecular formula is C22H16N4O3. The van der Waals surface area contributed by atoms with E-state index in [-0.39, 0.29) is 17.4 Å². The normalized spacial score (nSPS) is 13.2. The van der Waals surface area contributed by atoms with Crippen LogP contribution < -0.4 is 9.64 Å². The molecule has 0 aliphatic carbocycles. The molecule has 7 heteroatoms. The SMILES string of the molecule is COc1ccc(-c2nn(C)c3ncc4c(c23)C(=O)N(c2ccccc2)C4=O)cc1. The topological polar surface area (TPSA) is 77.3 Å². The number of carbonyl (C=O) groups is 2. The van der Waals surface area contributed by atoms with Crippen molar-refractivity contribution < 1.29 is 14.3 Å². The highest BCUT2D eigenvalue weighted by molar-refractivity contribution is 6.38. The number of benzene rings is 2. The van der Waals surface area contributed by atoms with Gasteiger partial charge in [-0.2, -0.15) is 5.10 Å². The third-order valence-corrected chi connectivity index (χ3v) is 5.08. The van der Waals surface area contributed by atoms with E-state index in [4.69, 9.17) is 4.74 Å². The molecule has 0 saturated heterocycles. The van der Waals surface area contributed by atoms with Gasteiger partial charge in [-0.3, -0.25) is 9.59 Å². The van der Waals surface area contributed by atoms with Crippen LogP contribution in [0.5, 0.6) is 5.75 Å². The van der Waals surface area contributed by atoms with E-state index < -0.39 is 0 Å². The van der Waals surface area contributed by atoms with Crippen molar-refractivity contribution in [1.29, 1.82) is 0 Å². The number of para-hydroxylation sites is 1. The zero-order chi connectivity index (χ0) is 20.1. The Bertz CT molecular complexity index is 1280. The first kappa shape index (κ1) is 17.1. The number of amides is 2. The highest BCUT2D eigenvalue weighted by Gasteiger charge is 2.40. The lowest BCUT2D eigenvalue weighted by molar-refractivity contribution is 0.0926. The molecule has 2 aromatic carbocycles. The van der Waals surface area contributed by atoms with Crippen LogP contribution in [-0.4, -0.2) is 33.7 Å². The largest absolute Gasteiger partial charge is 0.497 e. The number of methoxy groups -OCH3 is 1. The number of pyridine rings is 1.